The second-order valence-corrected chi connectivity index (χ2v) is 4.40. The van der Waals surface area contributed by atoms with Crippen molar-refractivity contribution < 1.29 is 9.53 Å². The van der Waals surface area contributed by atoms with Gasteiger partial charge in [-0.15, -0.1) is 9.24 Å². The summed E-state index contributed by atoms with van der Waals surface area (Å²) in [5.74, 6) is -0.0373. The zero-order valence-electron chi connectivity index (χ0n) is 10.0. The fraction of sp³-hybridized carbons (Fsp3) is 0.462. The van der Waals surface area contributed by atoms with E-state index in [0.29, 0.717) is 6.61 Å². The van der Waals surface area contributed by atoms with Gasteiger partial charge in [0.1, 0.15) is 6.61 Å². The number of ether oxygens (including phenoxy) is 1. The number of hydrogen-bond acceptors (Lipinski definition) is 2. The molecule has 94 valence electrons. The van der Waals surface area contributed by atoms with Gasteiger partial charge in [-0.1, -0.05) is 30.3 Å². The minimum atomic E-state index is -0.0373. The molecule has 17 heavy (non-hydrogen) atoms. The molecule has 0 aliphatic rings. The highest BCUT2D eigenvalue weighted by atomic mass is 31.0. The second-order valence-electron chi connectivity index (χ2n) is 3.82. The minimum absolute atomic E-state index is 0.0373. The van der Waals surface area contributed by atoms with Crippen LogP contribution in [0.1, 0.15) is 18.4 Å². The highest BCUT2D eigenvalue weighted by molar-refractivity contribution is 7.16. The molecule has 0 spiro atoms. The summed E-state index contributed by atoms with van der Waals surface area (Å²) in [5.41, 5.74) is 1.09. The van der Waals surface area contributed by atoms with Crippen LogP contribution in [0.25, 0.3) is 0 Å². The van der Waals surface area contributed by atoms with Crippen molar-refractivity contribution in [2.75, 3.05) is 19.3 Å². The van der Waals surface area contributed by atoms with E-state index in [9.17, 15) is 4.79 Å². The van der Waals surface area contributed by atoms with Gasteiger partial charge >= 0.3 is 0 Å². The van der Waals surface area contributed by atoms with Crippen LogP contribution in [-0.2, 0) is 16.1 Å². The van der Waals surface area contributed by atoms with Gasteiger partial charge in [0.05, 0.1) is 6.61 Å². The average Bonchev–Trinajstić information content (AvgIpc) is 2.36. The molecular weight excluding hydrogens is 233 g/mol. The Hall–Kier alpha value is -0.920. The van der Waals surface area contributed by atoms with Crippen molar-refractivity contribution in [3.05, 3.63) is 35.9 Å². The third-order valence-electron chi connectivity index (χ3n) is 2.30. The smallest absolute Gasteiger partial charge is 0.246 e. The van der Waals surface area contributed by atoms with Gasteiger partial charge in [-0.25, -0.2) is 0 Å². The van der Waals surface area contributed by atoms with E-state index in [-0.39, 0.29) is 12.5 Å². The van der Waals surface area contributed by atoms with E-state index in [4.69, 9.17) is 4.74 Å². The van der Waals surface area contributed by atoms with Crippen molar-refractivity contribution in [3.8, 4) is 0 Å². The van der Waals surface area contributed by atoms with Gasteiger partial charge in [-0.2, -0.15) is 0 Å². The molecule has 0 heterocycles. The summed E-state index contributed by atoms with van der Waals surface area (Å²) in [6.45, 7) is 1.36. The fourth-order valence-corrected chi connectivity index (χ4v) is 1.67. The quantitative estimate of drug-likeness (QED) is 0.568. The van der Waals surface area contributed by atoms with Crippen LogP contribution in [-0.4, -0.2) is 25.2 Å². The first-order valence-electron chi connectivity index (χ1n) is 5.91. The molecule has 0 aliphatic heterocycles. The monoisotopic (exact) mass is 253 g/mol. The molecule has 0 saturated carbocycles. The predicted octanol–water partition coefficient (Wildman–Crippen LogP) is 1.97. The Morgan fingerprint density at radius 2 is 2.00 bits per heavy atom. The SMILES string of the molecule is O=C(COCc1ccccc1)NCCCCP. The maximum Gasteiger partial charge on any atom is 0.246 e. The number of benzene rings is 1. The van der Waals surface area contributed by atoms with Gasteiger partial charge in [-0.3, -0.25) is 4.79 Å². The molecule has 3 nitrogen and oxygen atoms in total. The molecule has 1 aromatic rings. The first-order valence-corrected chi connectivity index (χ1v) is 6.73. The first kappa shape index (κ1) is 14.1. The minimum Gasteiger partial charge on any atom is -0.367 e. The Balaban J connectivity index is 2.04. The lowest BCUT2D eigenvalue weighted by Crippen LogP contribution is -2.28. The number of rotatable bonds is 8. The van der Waals surface area contributed by atoms with Gasteiger partial charge in [-0.05, 0) is 24.6 Å². The summed E-state index contributed by atoms with van der Waals surface area (Å²) in [7, 11) is 2.68. The zero-order chi connectivity index (χ0) is 12.3. The molecule has 1 rings (SSSR count). The van der Waals surface area contributed by atoms with Crippen LogP contribution in [0.4, 0.5) is 0 Å². The number of carbonyl (C=O) groups is 1. The Morgan fingerprint density at radius 3 is 2.71 bits per heavy atom. The molecule has 0 radical (unpaired) electrons. The van der Waals surface area contributed by atoms with Crippen LogP contribution in [0.2, 0.25) is 0 Å². The molecule has 0 aromatic heterocycles. The summed E-state index contributed by atoms with van der Waals surface area (Å²) in [4.78, 5) is 11.4. The van der Waals surface area contributed by atoms with Gasteiger partial charge in [0.25, 0.3) is 0 Å². The lowest BCUT2D eigenvalue weighted by Gasteiger charge is -2.06. The summed E-state index contributed by atoms with van der Waals surface area (Å²) in [5, 5.41) is 2.83. The normalized spacial score (nSPS) is 10.2. The predicted molar refractivity (Wildman–Crippen MR) is 72.9 cm³/mol. The van der Waals surface area contributed by atoms with Gasteiger partial charge < -0.3 is 10.1 Å². The topological polar surface area (TPSA) is 38.3 Å². The molecule has 1 aromatic carbocycles. The molecule has 1 amide bonds. The molecule has 0 bridgehead atoms. The Morgan fingerprint density at radius 1 is 1.24 bits per heavy atom. The van der Waals surface area contributed by atoms with Gasteiger partial charge in [0.2, 0.25) is 5.91 Å². The van der Waals surface area contributed by atoms with Gasteiger partial charge in [0.15, 0.2) is 0 Å². The van der Waals surface area contributed by atoms with E-state index >= 15 is 0 Å². The van der Waals surface area contributed by atoms with E-state index in [0.717, 1.165) is 31.1 Å². The number of unbranched alkanes of at least 4 members (excludes halogenated alkanes) is 1. The van der Waals surface area contributed by atoms with Crippen molar-refractivity contribution in [3.63, 3.8) is 0 Å². The van der Waals surface area contributed by atoms with Crippen molar-refractivity contribution in [1.82, 2.24) is 5.32 Å². The Bertz CT molecular complexity index is 316. The van der Waals surface area contributed by atoms with Crippen LogP contribution >= 0.6 is 9.24 Å². The molecule has 1 atom stereocenters. The van der Waals surface area contributed by atoms with Crippen LogP contribution in [0.15, 0.2) is 30.3 Å². The summed E-state index contributed by atoms with van der Waals surface area (Å²) < 4.78 is 5.32. The second kappa shape index (κ2) is 9.15. The summed E-state index contributed by atoms with van der Waals surface area (Å²) >= 11 is 0. The molecule has 0 saturated heterocycles. The maximum atomic E-state index is 11.4. The number of hydrogen-bond donors (Lipinski definition) is 1. The van der Waals surface area contributed by atoms with E-state index in [1.54, 1.807) is 0 Å². The fourth-order valence-electron chi connectivity index (χ4n) is 1.38. The van der Waals surface area contributed by atoms with E-state index < -0.39 is 0 Å². The third kappa shape index (κ3) is 7.09. The van der Waals surface area contributed by atoms with Crippen molar-refractivity contribution in [2.45, 2.75) is 19.4 Å². The average molecular weight is 253 g/mol. The highest BCUT2D eigenvalue weighted by Gasteiger charge is 2.00. The third-order valence-corrected chi connectivity index (χ3v) is 2.71. The molecule has 1 unspecified atom stereocenters. The Labute approximate surface area is 105 Å². The maximum absolute atomic E-state index is 11.4. The zero-order valence-corrected chi connectivity index (χ0v) is 11.2. The molecule has 4 heteroatoms. The standard InChI is InChI=1S/C13H20NO2P/c15-13(14-8-4-5-9-17)11-16-10-12-6-2-1-3-7-12/h1-3,6-7H,4-5,8-11,17H2,(H,14,15). The molecular formula is C13H20NO2P. The largest absolute Gasteiger partial charge is 0.367 e. The summed E-state index contributed by atoms with van der Waals surface area (Å²) in [6, 6.07) is 9.85. The van der Waals surface area contributed by atoms with Crippen LogP contribution in [0.5, 0.6) is 0 Å². The number of carbonyl (C=O) groups excluding carboxylic acids is 1. The molecule has 0 fully saturated rings. The lowest BCUT2D eigenvalue weighted by molar-refractivity contribution is -0.126. The van der Waals surface area contributed by atoms with E-state index in [1.807, 2.05) is 30.3 Å². The van der Waals surface area contributed by atoms with Gasteiger partial charge in [0, 0.05) is 6.54 Å². The van der Waals surface area contributed by atoms with E-state index in [1.165, 1.54) is 0 Å². The van der Waals surface area contributed by atoms with Crippen LogP contribution in [0, 0.1) is 0 Å². The summed E-state index contributed by atoms with van der Waals surface area (Å²) in [6.07, 6.45) is 3.23. The highest BCUT2D eigenvalue weighted by Crippen LogP contribution is 1.99. The Kier molecular flexibility index (Phi) is 7.61. The van der Waals surface area contributed by atoms with Crippen molar-refractivity contribution in [1.29, 1.82) is 0 Å². The van der Waals surface area contributed by atoms with Crippen LogP contribution in [0.3, 0.4) is 0 Å². The molecule has 0 aliphatic carbocycles. The molecule has 1 N–H and O–H groups in total. The lowest BCUT2D eigenvalue weighted by atomic mass is 10.2. The van der Waals surface area contributed by atoms with E-state index in [2.05, 4.69) is 14.6 Å². The first-order chi connectivity index (χ1) is 8.33. The van der Waals surface area contributed by atoms with Crippen molar-refractivity contribution in [2.24, 2.45) is 0 Å². The number of nitrogens with one attached hydrogen (secondary N) is 1. The number of amides is 1. The van der Waals surface area contributed by atoms with Crippen LogP contribution < -0.4 is 5.32 Å². The van der Waals surface area contributed by atoms with Crippen molar-refractivity contribution >= 4 is 15.1 Å².